The van der Waals surface area contributed by atoms with Gasteiger partial charge < -0.3 is 5.32 Å². The molecule has 1 unspecified atom stereocenters. The van der Waals surface area contributed by atoms with Crippen LogP contribution >= 0.6 is 28.4 Å². The standard InChI is InChI=1S/C16H17IN3P/c1-11-8-15-14(10-19-20(15)21-17)16(12(11)2)18-9-13-6-4-3-5-7-13/h3-8,10,18,21H,9H2,1-2H3. The van der Waals surface area contributed by atoms with E-state index in [1.807, 2.05) is 12.3 Å². The van der Waals surface area contributed by atoms with Gasteiger partial charge in [-0.25, -0.2) is 4.45 Å². The van der Waals surface area contributed by atoms with E-state index < -0.39 is 0 Å². The molecule has 1 atom stereocenters. The van der Waals surface area contributed by atoms with Crippen molar-refractivity contribution in [1.82, 2.24) is 9.55 Å². The van der Waals surface area contributed by atoms with Crippen molar-refractivity contribution >= 4 is 45.0 Å². The second-order valence-corrected chi connectivity index (χ2v) is 7.15. The summed E-state index contributed by atoms with van der Waals surface area (Å²) in [6.45, 7) is 5.17. The number of hydrogen-bond acceptors (Lipinski definition) is 2. The topological polar surface area (TPSA) is 29.9 Å². The Balaban J connectivity index is 2.00. The fourth-order valence-corrected chi connectivity index (χ4v) is 4.01. The molecule has 0 fully saturated rings. The van der Waals surface area contributed by atoms with Gasteiger partial charge in [0.1, 0.15) is 0 Å². The molecule has 0 amide bonds. The quantitative estimate of drug-likeness (QED) is 0.483. The fraction of sp³-hybridized carbons (Fsp3) is 0.188. The van der Waals surface area contributed by atoms with Gasteiger partial charge in [-0.05, 0) is 58.6 Å². The number of fused-ring (bicyclic) bond motifs is 1. The molecule has 3 nitrogen and oxygen atoms in total. The molecule has 5 heteroatoms. The predicted molar refractivity (Wildman–Crippen MR) is 101 cm³/mol. The first-order valence-electron chi connectivity index (χ1n) is 6.83. The molecule has 1 aromatic heterocycles. The van der Waals surface area contributed by atoms with Gasteiger partial charge in [-0.15, -0.1) is 0 Å². The Hall–Kier alpha value is -1.13. The molecule has 21 heavy (non-hydrogen) atoms. The number of rotatable bonds is 4. The molecule has 0 saturated carbocycles. The normalized spacial score (nSPS) is 11.6. The Morgan fingerprint density at radius 2 is 2.00 bits per heavy atom. The lowest BCUT2D eigenvalue weighted by Gasteiger charge is -2.14. The van der Waals surface area contributed by atoms with Crippen molar-refractivity contribution in [3.8, 4) is 0 Å². The zero-order valence-electron chi connectivity index (χ0n) is 12.0. The molecule has 0 radical (unpaired) electrons. The summed E-state index contributed by atoms with van der Waals surface area (Å²) in [5, 5.41) is 9.30. The molecule has 2 aromatic carbocycles. The Morgan fingerprint density at radius 1 is 1.24 bits per heavy atom. The molecule has 0 aliphatic carbocycles. The van der Waals surface area contributed by atoms with E-state index in [0.717, 1.165) is 6.54 Å². The molecular formula is C16H17IN3P. The van der Waals surface area contributed by atoms with E-state index in [4.69, 9.17) is 0 Å². The third kappa shape index (κ3) is 2.92. The lowest BCUT2D eigenvalue weighted by molar-refractivity contribution is 1.04. The highest BCUT2D eigenvalue weighted by Gasteiger charge is 2.11. The average molecular weight is 409 g/mol. The van der Waals surface area contributed by atoms with Gasteiger partial charge in [0.05, 0.1) is 18.1 Å². The van der Waals surface area contributed by atoms with Crippen LogP contribution in [0.15, 0.2) is 42.6 Å². The highest BCUT2D eigenvalue weighted by atomic mass is 127. The van der Waals surface area contributed by atoms with Crippen molar-refractivity contribution in [3.05, 3.63) is 59.3 Å². The van der Waals surface area contributed by atoms with E-state index in [-0.39, 0.29) is 0 Å². The third-order valence-electron chi connectivity index (χ3n) is 3.79. The number of anilines is 1. The van der Waals surface area contributed by atoms with Gasteiger partial charge in [-0.1, -0.05) is 30.3 Å². The number of nitrogens with zero attached hydrogens (tertiary/aromatic N) is 2. The van der Waals surface area contributed by atoms with Crippen molar-refractivity contribution in [2.75, 3.05) is 5.32 Å². The Bertz CT molecular complexity index is 768. The second kappa shape index (κ2) is 6.32. The van der Waals surface area contributed by atoms with Crippen LogP contribution in [0.3, 0.4) is 0 Å². The maximum atomic E-state index is 4.49. The summed E-state index contributed by atoms with van der Waals surface area (Å²) in [6, 6.07) is 12.7. The zero-order chi connectivity index (χ0) is 14.8. The largest absolute Gasteiger partial charge is 0.380 e. The Labute approximate surface area is 139 Å². The number of nitrogens with one attached hydrogen (secondary N) is 1. The van der Waals surface area contributed by atoms with Crippen LogP contribution in [0.25, 0.3) is 10.9 Å². The summed E-state index contributed by atoms with van der Waals surface area (Å²) in [4.78, 5) is 0. The van der Waals surface area contributed by atoms with Crippen molar-refractivity contribution < 1.29 is 0 Å². The molecule has 3 rings (SSSR count). The van der Waals surface area contributed by atoms with Crippen LogP contribution in [-0.4, -0.2) is 9.55 Å². The minimum Gasteiger partial charge on any atom is -0.380 e. The molecule has 0 saturated heterocycles. The third-order valence-corrected chi connectivity index (χ3v) is 5.68. The smallest absolute Gasteiger partial charge is 0.0753 e. The molecule has 0 bridgehead atoms. The van der Waals surface area contributed by atoms with E-state index >= 15 is 0 Å². The average Bonchev–Trinajstić information content (AvgIpc) is 2.91. The maximum Gasteiger partial charge on any atom is 0.0753 e. The van der Waals surface area contributed by atoms with Crippen LogP contribution < -0.4 is 5.32 Å². The first-order valence-corrected chi connectivity index (χ1v) is 10.9. The van der Waals surface area contributed by atoms with Gasteiger partial charge in [0, 0.05) is 17.6 Å². The molecule has 1 heterocycles. The minimum absolute atomic E-state index is 0.620. The molecule has 1 N–H and O–H groups in total. The van der Waals surface area contributed by atoms with Crippen molar-refractivity contribution in [3.63, 3.8) is 0 Å². The first-order chi connectivity index (χ1) is 10.2. The van der Waals surface area contributed by atoms with Crippen molar-refractivity contribution in [2.24, 2.45) is 0 Å². The van der Waals surface area contributed by atoms with Crippen LogP contribution in [0.4, 0.5) is 5.69 Å². The van der Waals surface area contributed by atoms with Crippen LogP contribution in [-0.2, 0) is 6.54 Å². The maximum absolute atomic E-state index is 4.49. The summed E-state index contributed by atoms with van der Waals surface area (Å²) >= 11 is 2.37. The van der Waals surface area contributed by atoms with Crippen molar-refractivity contribution in [1.29, 1.82) is 0 Å². The molecule has 3 aromatic rings. The lowest BCUT2D eigenvalue weighted by Crippen LogP contribution is -2.02. The Morgan fingerprint density at radius 3 is 2.71 bits per heavy atom. The van der Waals surface area contributed by atoms with E-state index in [1.165, 1.54) is 33.3 Å². The zero-order valence-corrected chi connectivity index (χ0v) is 15.2. The SMILES string of the molecule is Cc1cc2c(cnn2PI)c(NCc2ccccc2)c1C. The highest BCUT2D eigenvalue weighted by molar-refractivity contribution is 14.2. The monoisotopic (exact) mass is 409 g/mol. The van der Waals surface area contributed by atoms with Crippen LogP contribution in [0.5, 0.6) is 0 Å². The molecule has 0 aliphatic rings. The van der Waals surface area contributed by atoms with Gasteiger partial charge in [0.25, 0.3) is 0 Å². The lowest BCUT2D eigenvalue weighted by atomic mass is 10.0. The molecule has 0 aliphatic heterocycles. The molecule has 108 valence electrons. The van der Waals surface area contributed by atoms with Gasteiger partial charge in [0.2, 0.25) is 0 Å². The minimum atomic E-state index is 0.620. The fourth-order valence-electron chi connectivity index (χ4n) is 2.48. The number of aromatic nitrogens is 2. The van der Waals surface area contributed by atoms with Crippen LogP contribution in [0.2, 0.25) is 0 Å². The summed E-state index contributed by atoms with van der Waals surface area (Å²) in [5.74, 6) is 0. The molecular weight excluding hydrogens is 392 g/mol. The first kappa shape index (κ1) is 14.8. The van der Waals surface area contributed by atoms with Gasteiger partial charge in [-0.3, -0.25) is 0 Å². The summed E-state index contributed by atoms with van der Waals surface area (Å²) in [5.41, 5.74) is 6.30. The van der Waals surface area contributed by atoms with Gasteiger partial charge in [0.15, 0.2) is 0 Å². The Kier molecular flexibility index (Phi) is 4.45. The van der Waals surface area contributed by atoms with Gasteiger partial charge in [-0.2, -0.15) is 5.10 Å². The predicted octanol–water partition coefficient (Wildman–Crippen LogP) is 5.06. The van der Waals surface area contributed by atoms with Crippen LogP contribution in [0.1, 0.15) is 16.7 Å². The van der Waals surface area contributed by atoms with Crippen LogP contribution in [0, 0.1) is 13.8 Å². The van der Waals surface area contributed by atoms with E-state index in [0.29, 0.717) is 6.37 Å². The summed E-state index contributed by atoms with van der Waals surface area (Å²) in [7, 11) is 0. The van der Waals surface area contributed by atoms with Gasteiger partial charge >= 0.3 is 0 Å². The van der Waals surface area contributed by atoms with E-state index in [9.17, 15) is 0 Å². The summed E-state index contributed by atoms with van der Waals surface area (Å²) < 4.78 is 2.07. The number of aryl methyl sites for hydroxylation is 1. The van der Waals surface area contributed by atoms with E-state index in [2.05, 4.69) is 81.1 Å². The number of halogens is 1. The second-order valence-electron chi connectivity index (χ2n) is 5.11. The van der Waals surface area contributed by atoms with Crippen molar-refractivity contribution in [2.45, 2.75) is 20.4 Å². The number of benzene rings is 2. The van der Waals surface area contributed by atoms with E-state index in [1.54, 1.807) is 0 Å². The highest BCUT2D eigenvalue weighted by Crippen LogP contribution is 2.35. The summed E-state index contributed by atoms with van der Waals surface area (Å²) in [6.07, 6.45) is 2.59. The molecule has 0 spiro atoms. The number of hydrogen-bond donors (Lipinski definition) is 1.